The summed E-state index contributed by atoms with van der Waals surface area (Å²) in [5.74, 6) is -1.61. The predicted molar refractivity (Wildman–Crippen MR) is 62.6 cm³/mol. The predicted octanol–water partition coefficient (Wildman–Crippen LogP) is 3.46. The second-order valence-corrected chi connectivity index (χ2v) is 4.34. The van der Waals surface area contributed by atoms with Gasteiger partial charge in [-0.2, -0.15) is 0 Å². The van der Waals surface area contributed by atoms with Crippen LogP contribution in [0.3, 0.4) is 0 Å². The first-order chi connectivity index (χ1) is 7.63. The first-order valence-corrected chi connectivity index (χ1v) is 5.85. The van der Waals surface area contributed by atoms with E-state index >= 15 is 0 Å². The first kappa shape index (κ1) is 13.4. The molecule has 1 unspecified atom stereocenters. The zero-order valence-electron chi connectivity index (χ0n) is 9.27. The van der Waals surface area contributed by atoms with Crippen LogP contribution in [0.4, 0.5) is 8.78 Å². The number of halogens is 3. The van der Waals surface area contributed by atoms with E-state index in [0.29, 0.717) is 6.54 Å². The van der Waals surface area contributed by atoms with Crippen LogP contribution >= 0.6 is 11.6 Å². The van der Waals surface area contributed by atoms with Gasteiger partial charge in [0.2, 0.25) is 0 Å². The van der Waals surface area contributed by atoms with Gasteiger partial charge in [0.05, 0.1) is 0 Å². The minimum atomic E-state index is -0.810. The van der Waals surface area contributed by atoms with Crippen LogP contribution in [-0.4, -0.2) is 11.9 Å². The van der Waals surface area contributed by atoms with Crippen molar-refractivity contribution in [1.29, 1.82) is 0 Å². The van der Waals surface area contributed by atoms with Gasteiger partial charge >= 0.3 is 0 Å². The van der Waals surface area contributed by atoms with Crippen molar-refractivity contribution in [2.45, 2.75) is 31.7 Å². The molecule has 1 aromatic rings. The number of rotatable bonds is 6. The van der Waals surface area contributed by atoms with Crippen LogP contribution < -0.4 is 5.32 Å². The molecule has 0 fully saturated rings. The zero-order chi connectivity index (χ0) is 12.0. The molecule has 0 aliphatic heterocycles. The summed E-state index contributed by atoms with van der Waals surface area (Å²) in [5, 5.41) is 3.32. The zero-order valence-corrected chi connectivity index (χ0v) is 10.0. The van der Waals surface area contributed by atoms with Gasteiger partial charge in [0.25, 0.3) is 0 Å². The summed E-state index contributed by atoms with van der Waals surface area (Å²) in [6.45, 7) is 3.35. The van der Waals surface area contributed by atoms with E-state index in [4.69, 9.17) is 11.6 Å². The van der Waals surface area contributed by atoms with Crippen LogP contribution in [0, 0.1) is 11.6 Å². The molecule has 0 spiro atoms. The average Bonchev–Trinajstić information content (AvgIpc) is 2.28. The van der Waals surface area contributed by atoms with Crippen molar-refractivity contribution in [3.05, 3.63) is 35.4 Å². The maximum atomic E-state index is 12.8. The fraction of sp³-hybridized carbons (Fsp3) is 0.500. The number of nitrogens with one attached hydrogen (secondary N) is 1. The van der Waals surface area contributed by atoms with Crippen molar-refractivity contribution in [1.82, 2.24) is 5.32 Å². The molecule has 1 N–H and O–H groups in total. The molecule has 0 amide bonds. The molecule has 0 saturated heterocycles. The van der Waals surface area contributed by atoms with Crippen molar-refractivity contribution in [3.63, 3.8) is 0 Å². The highest BCUT2D eigenvalue weighted by Crippen LogP contribution is 2.09. The third-order valence-corrected chi connectivity index (χ3v) is 2.92. The Kier molecular flexibility index (Phi) is 5.71. The van der Waals surface area contributed by atoms with E-state index in [9.17, 15) is 8.78 Å². The normalized spacial score (nSPS) is 12.8. The molecule has 1 rings (SSSR count). The molecule has 0 radical (unpaired) electrons. The lowest BCUT2D eigenvalue weighted by atomic mass is 10.2. The highest BCUT2D eigenvalue weighted by Gasteiger charge is 2.03. The van der Waals surface area contributed by atoms with Gasteiger partial charge in [-0.05, 0) is 37.1 Å². The standard InChI is InChI=1S/C12H16ClF2N/c1-2-10(13)5-6-16-8-9-3-4-11(14)12(15)7-9/h3-4,7,10,16H,2,5-6,8H2,1H3. The monoisotopic (exact) mass is 247 g/mol. The fourth-order valence-corrected chi connectivity index (χ4v) is 1.45. The lowest BCUT2D eigenvalue weighted by Crippen LogP contribution is -2.17. The topological polar surface area (TPSA) is 12.0 Å². The molecule has 0 heterocycles. The van der Waals surface area contributed by atoms with Crippen molar-refractivity contribution in [2.75, 3.05) is 6.54 Å². The van der Waals surface area contributed by atoms with Gasteiger partial charge in [-0.1, -0.05) is 13.0 Å². The number of hydrogen-bond donors (Lipinski definition) is 1. The Morgan fingerprint density at radius 3 is 2.69 bits per heavy atom. The Hall–Kier alpha value is -0.670. The van der Waals surface area contributed by atoms with Crippen LogP contribution in [-0.2, 0) is 6.54 Å². The van der Waals surface area contributed by atoms with Crippen molar-refractivity contribution >= 4 is 11.6 Å². The third kappa shape index (κ3) is 4.45. The largest absolute Gasteiger partial charge is 0.313 e. The molecule has 1 nitrogen and oxygen atoms in total. The van der Waals surface area contributed by atoms with Gasteiger partial charge in [-0.3, -0.25) is 0 Å². The van der Waals surface area contributed by atoms with Gasteiger partial charge in [-0.25, -0.2) is 8.78 Å². The smallest absolute Gasteiger partial charge is 0.159 e. The molecule has 1 atom stereocenters. The molecule has 0 aliphatic carbocycles. The third-order valence-electron chi connectivity index (χ3n) is 2.39. The lowest BCUT2D eigenvalue weighted by molar-refractivity contribution is 0.505. The summed E-state index contributed by atoms with van der Waals surface area (Å²) in [7, 11) is 0. The summed E-state index contributed by atoms with van der Waals surface area (Å²) >= 11 is 5.94. The van der Waals surface area contributed by atoms with E-state index in [1.54, 1.807) is 6.07 Å². The molecule has 16 heavy (non-hydrogen) atoms. The second-order valence-electron chi connectivity index (χ2n) is 3.72. The summed E-state index contributed by atoms with van der Waals surface area (Å²) in [6.07, 6.45) is 1.82. The van der Waals surface area contributed by atoms with Gasteiger partial charge in [0, 0.05) is 11.9 Å². The van der Waals surface area contributed by atoms with Gasteiger partial charge < -0.3 is 5.32 Å². The molecule has 4 heteroatoms. The van der Waals surface area contributed by atoms with E-state index < -0.39 is 11.6 Å². The SMILES string of the molecule is CCC(Cl)CCNCc1ccc(F)c(F)c1. The van der Waals surface area contributed by atoms with Gasteiger partial charge in [0.15, 0.2) is 11.6 Å². The maximum Gasteiger partial charge on any atom is 0.159 e. The molecule has 0 aliphatic rings. The van der Waals surface area contributed by atoms with Gasteiger partial charge in [-0.15, -0.1) is 11.6 Å². The number of alkyl halides is 1. The van der Waals surface area contributed by atoms with E-state index in [1.165, 1.54) is 6.07 Å². The lowest BCUT2D eigenvalue weighted by Gasteiger charge is -2.08. The Morgan fingerprint density at radius 2 is 2.06 bits per heavy atom. The van der Waals surface area contributed by atoms with Crippen molar-refractivity contribution < 1.29 is 8.78 Å². The van der Waals surface area contributed by atoms with E-state index in [0.717, 1.165) is 31.0 Å². The fourth-order valence-electron chi connectivity index (χ4n) is 1.35. The maximum absolute atomic E-state index is 12.8. The summed E-state index contributed by atoms with van der Waals surface area (Å²) in [6, 6.07) is 3.92. The Morgan fingerprint density at radius 1 is 1.31 bits per heavy atom. The summed E-state index contributed by atoms with van der Waals surface area (Å²) in [4.78, 5) is 0. The van der Waals surface area contributed by atoms with Crippen molar-refractivity contribution in [2.24, 2.45) is 0 Å². The molecule has 0 saturated carbocycles. The highest BCUT2D eigenvalue weighted by molar-refractivity contribution is 6.20. The molecular formula is C12H16ClF2N. The van der Waals surface area contributed by atoms with Gasteiger partial charge in [0.1, 0.15) is 0 Å². The summed E-state index contributed by atoms with van der Waals surface area (Å²) in [5.41, 5.74) is 0.738. The van der Waals surface area contributed by atoms with Crippen LogP contribution in [0.1, 0.15) is 25.3 Å². The van der Waals surface area contributed by atoms with Crippen LogP contribution in [0.15, 0.2) is 18.2 Å². The Bertz CT molecular complexity index is 331. The second kappa shape index (κ2) is 6.81. The minimum Gasteiger partial charge on any atom is -0.313 e. The van der Waals surface area contributed by atoms with Crippen LogP contribution in [0.25, 0.3) is 0 Å². The molecule has 90 valence electrons. The van der Waals surface area contributed by atoms with E-state index in [1.807, 2.05) is 6.92 Å². The van der Waals surface area contributed by atoms with Crippen molar-refractivity contribution in [3.8, 4) is 0 Å². The van der Waals surface area contributed by atoms with Crippen LogP contribution in [0.2, 0.25) is 0 Å². The summed E-state index contributed by atoms with van der Waals surface area (Å²) < 4.78 is 25.5. The number of benzene rings is 1. The minimum absolute atomic E-state index is 0.178. The Balaban J connectivity index is 2.29. The average molecular weight is 248 g/mol. The van der Waals surface area contributed by atoms with E-state index in [-0.39, 0.29) is 5.38 Å². The highest BCUT2D eigenvalue weighted by atomic mass is 35.5. The Labute approximate surface area is 99.8 Å². The molecular weight excluding hydrogens is 232 g/mol. The quantitative estimate of drug-likeness (QED) is 0.600. The number of hydrogen-bond acceptors (Lipinski definition) is 1. The molecule has 0 aromatic heterocycles. The van der Waals surface area contributed by atoms with Crippen LogP contribution in [0.5, 0.6) is 0 Å². The first-order valence-electron chi connectivity index (χ1n) is 5.42. The van der Waals surface area contributed by atoms with E-state index in [2.05, 4.69) is 5.32 Å². The molecule has 1 aromatic carbocycles. The molecule has 0 bridgehead atoms.